The molecular formula is C12H23N3O3. The van der Waals surface area contributed by atoms with Crippen molar-refractivity contribution in [1.29, 1.82) is 0 Å². The van der Waals surface area contributed by atoms with E-state index in [0.717, 1.165) is 25.9 Å². The largest absolute Gasteiger partial charge is 0.480 e. The Labute approximate surface area is 108 Å². The Bertz CT molecular complexity index is 301. The van der Waals surface area contributed by atoms with Crippen LogP contribution in [0.15, 0.2) is 0 Å². The zero-order valence-electron chi connectivity index (χ0n) is 11.3. The first-order chi connectivity index (χ1) is 8.40. The summed E-state index contributed by atoms with van der Waals surface area (Å²) in [5.74, 6) is -0.506. The lowest BCUT2D eigenvalue weighted by molar-refractivity contribution is -0.138. The molecule has 0 radical (unpaired) electrons. The van der Waals surface area contributed by atoms with Crippen molar-refractivity contribution in [3.05, 3.63) is 0 Å². The number of aliphatic carboxylic acids is 1. The Hall–Kier alpha value is -1.30. The highest BCUT2D eigenvalue weighted by Crippen LogP contribution is 2.16. The molecule has 1 rings (SSSR count). The van der Waals surface area contributed by atoms with E-state index in [1.807, 2.05) is 0 Å². The number of carbonyl (C=O) groups is 2. The van der Waals surface area contributed by atoms with Crippen LogP contribution in [0.3, 0.4) is 0 Å². The number of hydrogen-bond acceptors (Lipinski definition) is 3. The van der Waals surface area contributed by atoms with Gasteiger partial charge in [-0.05, 0) is 45.8 Å². The average molecular weight is 257 g/mol. The van der Waals surface area contributed by atoms with Gasteiger partial charge in [0, 0.05) is 13.6 Å². The van der Waals surface area contributed by atoms with Gasteiger partial charge in [-0.1, -0.05) is 0 Å². The highest BCUT2D eigenvalue weighted by Gasteiger charge is 2.22. The molecule has 6 nitrogen and oxygen atoms in total. The summed E-state index contributed by atoms with van der Waals surface area (Å²) in [6.07, 6.45) is 2.17. The molecule has 2 amide bonds. The molecule has 6 heteroatoms. The van der Waals surface area contributed by atoms with Crippen molar-refractivity contribution in [2.24, 2.45) is 5.92 Å². The van der Waals surface area contributed by atoms with E-state index in [2.05, 4.69) is 17.3 Å². The molecule has 1 fully saturated rings. The van der Waals surface area contributed by atoms with Gasteiger partial charge >= 0.3 is 12.0 Å². The first-order valence-electron chi connectivity index (χ1n) is 6.33. The maximum absolute atomic E-state index is 11.7. The summed E-state index contributed by atoms with van der Waals surface area (Å²) in [7, 11) is 3.81. The molecule has 0 aliphatic carbocycles. The first-order valence-corrected chi connectivity index (χ1v) is 6.33. The fraction of sp³-hybridized carbons (Fsp3) is 0.833. The molecule has 1 aliphatic heterocycles. The van der Waals surface area contributed by atoms with E-state index in [1.54, 1.807) is 11.9 Å². The number of likely N-dealkylation sites (tertiary alicyclic amines) is 1. The van der Waals surface area contributed by atoms with Crippen LogP contribution in [-0.4, -0.2) is 66.7 Å². The minimum absolute atomic E-state index is 0.316. The van der Waals surface area contributed by atoms with Crippen molar-refractivity contribution in [2.75, 3.05) is 33.7 Å². The van der Waals surface area contributed by atoms with E-state index in [0.29, 0.717) is 12.5 Å². The maximum atomic E-state index is 11.7. The molecule has 0 unspecified atom stereocenters. The van der Waals surface area contributed by atoms with E-state index in [-0.39, 0.29) is 6.03 Å². The average Bonchev–Trinajstić information content (AvgIpc) is 2.31. The Morgan fingerprint density at radius 1 is 1.44 bits per heavy atom. The molecule has 0 aromatic carbocycles. The van der Waals surface area contributed by atoms with Crippen LogP contribution >= 0.6 is 0 Å². The van der Waals surface area contributed by atoms with Gasteiger partial charge < -0.3 is 20.2 Å². The standard InChI is InChI=1S/C12H23N3O3/c1-9(11(16)17)13-12(18)15(3)8-10-4-6-14(2)7-5-10/h9-10H,4-8H2,1-3H3,(H,13,18)(H,16,17)/t9-/m0/s1. The second-order valence-corrected chi connectivity index (χ2v) is 5.14. The minimum Gasteiger partial charge on any atom is -0.480 e. The first kappa shape index (κ1) is 14.8. The van der Waals surface area contributed by atoms with Gasteiger partial charge in [-0.15, -0.1) is 0 Å². The number of piperidine rings is 1. The molecule has 104 valence electrons. The highest BCUT2D eigenvalue weighted by atomic mass is 16.4. The summed E-state index contributed by atoms with van der Waals surface area (Å²) >= 11 is 0. The Morgan fingerprint density at radius 3 is 2.50 bits per heavy atom. The SMILES string of the molecule is C[C@H](NC(=O)N(C)CC1CCN(C)CC1)C(=O)O. The molecule has 1 aliphatic rings. The summed E-state index contributed by atoms with van der Waals surface area (Å²) in [6.45, 7) is 4.27. The van der Waals surface area contributed by atoms with Crippen LogP contribution in [0, 0.1) is 5.92 Å². The Balaban J connectivity index is 2.33. The Morgan fingerprint density at radius 2 is 2.00 bits per heavy atom. The molecule has 0 spiro atoms. The highest BCUT2D eigenvalue weighted by molar-refractivity contribution is 5.82. The predicted octanol–water partition coefficient (Wildman–Crippen LogP) is 0.443. The third kappa shape index (κ3) is 4.52. The lowest BCUT2D eigenvalue weighted by Gasteiger charge is -2.31. The molecule has 0 saturated carbocycles. The summed E-state index contributed by atoms with van der Waals surface area (Å²) < 4.78 is 0. The number of carbonyl (C=O) groups excluding carboxylic acids is 1. The molecule has 1 saturated heterocycles. The van der Waals surface area contributed by atoms with Crippen LogP contribution in [0.2, 0.25) is 0 Å². The maximum Gasteiger partial charge on any atom is 0.325 e. The van der Waals surface area contributed by atoms with Gasteiger partial charge in [0.25, 0.3) is 0 Å². The van der Waals surface area contributed by atoms with Crippen LogP contribution in [0.5, 0.6) is 0 Å². The number of amides is 2. The summed E-state index contributed by atoms with van der Waals surface area (Å²) in [5.41, 5.74) is 0. The van der Waals surface area contributed by atoms with Gasteiger partial charge in [0.15, 0.2) is 0 Å². The summed E-state index contributed by atoms with van der Waals surface area (Å²) in [4.78, 5) is 26.2. The Kier molecular flexibility index (Phi) is 5.40. The number of carboxylic acid groups (broad SMARTS) is 1. The van der Waals surface area contributed by atoms with Gasteiger partial charge in [-0.2, -0.15) is 0 Å². The molecule has 0 aromatic heterocycles. The van der Waals surface area contributed by atoms with Gasteiger partial charge in [0.2, 0.25) is 0 Å². The third-order valence-electron chi connectivity index (χ3n) is 3.43. The van der Waals surface area contributed by atoms with Gasteiger partial charge in [-0.3, -0.25) is 4.79 Å². The number of hydrogen-bond donors (Lipinski definition) is 2. The molecule has 0 bridgehead atoms. The van der Waals surface area contributed by atoms with Crippen molar-refractivity contribution < 1.29 is 14.7 Å². The van der Waals surface area contributed by atoms with Gasteiger partial charge in [0.1, 0.15) is 6.04 Å². The van der Waals surface area contributed by atoms with Crippen molar-refractivity contribution in [3.63, 3.8) is 0 Å². The molecule has 18 heavy (non-hydrogen) atoms. The van der Waals surface area contributed by atoms with Gasteiger partial charge in [-0.25, -0.2) is 4.79 Å². The van der Waals surface area contributed by atoms with Crippen LogP contribution in [0.1, 0.15) is 19.8 Å². The zero-order valence-corrected chi connectivity index (χ0v) is 11.3. The van der Waals surface area contributed by atoms with Crippen LogP contribution < -0.4 is 5.32 Å². The van der Waals surface area contributed by atoms with Crippen molar-refractivity contribution in [1.82, 2.24) is 15.1 Å². The number of carboxylic acids is 1. The number of nitrogens with zero attached hydrogens (tertiary/aromatic N) is 2. The zero-order chi connectivity index (χ0) is 13.7. The number of urea groups is 1. The summed E-state index contributed by atoms with van der Waals surface area (Å²) in [6, 6.07) is -1.17. The third-order valence-corrected chi connectivity index (χ3v) is 3.43. The van der Waals surface area contributed by atoms with E-state index in [1.165, 1.54) is 6.92 Å². The smallest absolute Gasteiger partial charge is 0.325 e. The van der Waals surface area contributed by atoms with E-state index in [4.69, 9.17) is 5.11 Å². The lowest BCUT2D eigenvalue weighted by atomic mass is 9.97. The fourth-order valence-corrected chi connectivity index (χ4v) is 2.07. The lowest BCUT2D eigenvalue weighted by Crippen LogP contribution is -2.47. The van der Waals surface area contributed by atoms with E-state index in [9.17, 15) is 9.59 Å². The quantitative estimate of drug-likeness (QED) is 0.766. The molecule has 1 heterocycles. The van der Waals surface area contributed by atoms with Crippen LogP contribution in [-0.2, 0) is 4.79 Å². The number of rotatable bonds is 4. The van der Waals surface area contributed by atoms with Crippen molar-refractivity contribution >= 4 is 12.0 Å². The normalized spacial score (nSPS) is 19.3. The van der Waals surface area contributed by atoms with Gasteiger partial charge in [0.05, 0.1) is 0 Å². The number of nitrogens with one attached hydrogen (secondary N) is 1. The topological polar surface area (TPSA) is 72.9 Å². The molecule has 0 aromatic rings. The fourth-order valence-electron chi connectivity index (χ4n) is 2.07. The van der Waals surface area contributed by atoms with E-state index >= 15 is 0 Å². The van der Waals surface area contributed by atoms with Crippen molar-refractivity contribution in [2.45, 2.75) is 25.8 Å². The van der Waals surface area contributed by atoms with E-state index < -0.39 is 12.0 Å². The second-order valence-electron chi connectivity index (χ2n) is 5.14. The molecule has 2 N–H and O–H groups in total. The minimum atomic E-state index is -1.02. The second kappa shape index (κ2) is 6.58. The predicted molar refractivity (Wildman–Crippen MR) is 68.5 cm³/mol. The monoisotopic (exact) mass is 257 g/mol. The molecular weight excluding hydrogens is 234 g/mol. The van der Waals surface area contributed by atoms with Crippen LogP contribution in [0.4, 0.5) is 4.79 Å². The summed E-state index contributed by atoms with van der Waals surface area (Å²) in [5, 5.41) is 11.2. The van der Waals surface area contributed by atoms with Crippen LogP contribution in [0.25, 0.3) is 0 Å². The van der Waals surface area contributed by atoms with Crippen molar-refractivity contribution in [3.8, 4) is 0 Å². The molecule has 1 atom stereocenters.